The number of carbonyl (C=O) groups excluding carboxylic acids is 2. The van der Waals surface area contributed by atoms with Crippen LogP contribution in [0.5, 0.6) is 0 Å². The van der Waals surface area contributed by atoms with Gasteiger partial charge in [-0.3, -0.25) is 19.7 Å². The second-order valence-electron chi connectivity index (χ2n) is 9.26. The SMILES string of the molecule is Cc1ccccc1-n1nc(C)c(-c2ccccc2)c1NC(=O)CN(C(=O)c1cccc([N+](=O)[O-])c1)C(C)C. The largest absolute Gasteiger partial charge is 0.327 e. The van der Waals surface area contributed by atoms with E-state index in [-0.39, 0.29) is 23.8 Å². The summed E-state index contributed by atoms with van der Waals surface area (Å²) in [6, 6.07) is 22.6. The monoisotopic (exact) mass is 511 g/mol. The summed E-state index contributed by atoms with van der Waals surface area (Å²) in [5.74, 6) is -0.380. The molecule has 0 aliphatic carbocycles. The van der Waals surface area contributed by atoms with Crippen LogP contribution in [0.2, 0.25) is 0 Å². The minimum atomic E-state index is -0.552. The van der Waals surface area contributed by atoms with Crippen LogP contribution in [0.1, 0.15) is 35.5 Å². The predicted octanol–water partition coefficient (Wildman–Crippen LogP) is 5.55. The first-order valence-electron chi connectivity index (χ1n) is 12.2. The van der Waals surface area contributed by atoms with Gasteiger partial charge in [-0.1, -0.05) is 54.6 Å². The molecule has 9 nitrogen and oxygen atoms in total. The molecule has 0 unspecified atom stereocenters. The molecule has 9 heteroatoms. The molecule has 1 heterocycles. The Morgan fingerprint density at radius 3 is 2.34 bits per heavy atom. The lowest BCUT2D eigenvalue weighted by Gasteiger charge is -2.26. The van der Waals surface area contributed by atoms with E-state index in [1.807, 2.05) is 68.4 Å². The smallest absolute Gasteiger partial charge is 0.270 e. The van der Waals surface area contributed by atoms with Gasteiger partial charge in [0, 0.05) is 29.3 Å². The number of aryl methyl sites for hydroxylation is 2. The molecule has 0 atom stereocenters. The number of rotatable bonds is 8. The van der Waals surface area contributed by atoms with Crippen molar-refractivity contribution in [1.29, 1.82) is 0 Å². The van der Waals surface area contributed by atoms with Crippen LogP contribution in [0, 0.1) is 24.0 Å². The van der Waals surface area contributed by atoms with Gasteiger partial charge in [-0.25, -0.2) is 4.68 Å². The lowest BCUT2D eigenvalue weighted by molar-refractivity contribution is -0.384. The second-order valence-corrected chi connectivity index (χ2v) is 9.26. The average Bonchev–Trinajstić information content (AvgIpc) is 3.22. The maximum Gasteiger partial charge on any atom is 0.270 e. The van der Waals surface area contributed by atoms with E-state index in [0.717, 1.165) is 28.1 Å². The van der Waals surface area contributed by atoms with Crippen LogP contribution < -0.4 is 5.32 Å². The minimum absolute atomic E-state index is 0.145. The quantitative estimate of drug-likeness (QED) is 0.246. The number of nitro groups is 1. The van der Waals surface area contributed by atoms with Crippen LogP contribution in [-0.2, 0) is 4.79 Å². The van der Waals surface area contributed by atoms with E-state index in [2.05, 4.69) is 5.32 Å². The fraction of sp³-hybridized carbons (Fsp3) is 0.207. The number of non-ortho nitro benzene ring substituents is 1. The fourth-order valence-electron chi connectivity index (χ4n) is 4.30. The summed E-state index contributed by atoms with van der Waals surface area (Å²) in [4.78, 5) is 38.8. The number of hydrogen-bond donors (Lipinski definition) is 1. The van der Waals surface area contributed by atoms with E-state index >= 15 is 0 Å². The molecule has 0 saturated carbocycles. The van der Waals surface area contributed by atoms with E-state index in [4.69, 9.17) is 5.10 Å². The lowest BCUT2D eigenvalue weighted by atomic mass is 10.1. The summed E-state index contributed by atoms with van der Waals surface area (Å²) in [6.45, 7) is 7.20. The van der Waals surface area contributed by atoms with Crippen molar-refractivity contribution in [3.8, 4) is 16.8 Å². The highest BCUT2D eigenvalue weighted by Crippen LogP contribution is 2.34. The van der Waals surface area contributed by atoms with Crippen molar-refractivity contribution in [2.24, 2.45) is 0 Å². The number of carbonyl (C=O) groups is 2. The van der Waals surface area contributed by atoms with E-state index in [1.165, 1.54) is 29.2 Å². The second kappa shape index (κ2) is 11.1. The number of hydrogen-bond acceptors (Lipinski definition) is 5. The van der Waals surface area contributed by atoms with Crippen LogP contribution >= 0.6 is 0 Å². The summed E-state index contributed by atoms with van der Waals surface area (Å²) >= 11 is 0. The van der Waals surface area contributed by atoms with Crippen LogP contribution in [0.15, 0.2) is 78.9 Å². The Bertz CT molecular complexity index is 1490. The first-order valence-corrected chi connectivity index (χ1v) is 12.2. The molecule has 0 aliphatic rings. The van der Waals surface area contributed by atoms with Crippen LogP contribution in [0.4, 0.5) is 11.5 Å². The van der Waals surface area contributed by atoms with Gasteiger partial charge in [0.25, 0.3) is 11.6 Å². The minimum Gasteiger partial charge on any atom is -0.327 e. The zero-order chi connectivity index (χ0) is 27.4. The van der Waals surface area contributed by atoms with Gasteiger partial charge in [-0.05, 0) is 51.0 Å². The molecule has 1 aromatic heterocycles. The molecule has 0 fully saturated rings. The van der Waals surface area contributed by atoms with Crippen molar-refractivity contribution in [2.75, 3.05) is 11.9 Å². The molecular formula is C29H29N5O4. The molecule has 0 aliphatic heterocycles. The third kappa shape index (κ3) is 5.46. The molecule has 4 aromatic rings. The van der Waals surface area contributed by atoms with Crippen LogP contribution in [-0.4, -0.2) is 44.0 Å². The molecule has 194 valence electrons. The van der Waals surface area contributed by atoms with Gasteiger partial charge in [0.15, 0.2) is 0 Å². The fourth-order valence-corrected chi connectivity index (χ4v) is 4.30. The maximum atomic E-state index is 13.4. The molecule has 0 spiro atoms. The van der Waals surface area contributed by atoms with E-state index in [0.29, 0.717) is 5.82 Å². The van der Waals surface area contributed by atoms with Crippen molar-refractivity contribution in [3.05, 3.63) is 106 Å². The molecular weight excluding hydrogens is 482 g/mol. The van der Waals surface area contributed by atoms with E-state index < -0.39 is 16.7 Å². The number of para-hydroxylation sites is 1. The molecule has 38 heavy (non-hydrogen) atoms. The number of anilines is 1. The first-order chi connectivity index (χ1) is 18.2. The van der Waals surface area contributed by atoms with Crippen molar-refractivity contribution < 1.29 is 14.5 Å². The third-order valence-corrected chi connectivity index (χ3v) is 6.23. The number of amides is 2. The summed E-state index contributed by atoms with van der Waals surface area (Å²) in [6.07, 6.45) is 0. The normalized spacial score (nSPS) is 10.9. The van der Waals surface area contributed by atoms with Gasteiger partial charge in [0.2, 0.25) is 5.91 Å². The van der Waals surface area contributed by atoms with E-state index in [1.54, 1.807) is 18.5 Å². The molecule has 4 rings (SSSR count). The summed E-state index contributed by atoms with van der Waals surface area (Å²) in [5.41, 5.74) is 4.18. The van der Waals surface area contributed by atoms with Gasteiger partial charge < -0.3 is 10.2 Å². The van der Waals surface area contributed by atoms with Crippen molar-refractivity contribution in [2.45, 2.75) is 33.7 Å². The van der Waals surface area contributed by atoms with Gasteiger partial charge in [-0.15, -0.1) is 0 Å². The predicted molar refractivity (Wildman–Crippen MR) is 146 cm³/mol. The van der Waals surface area contributed by atoms with Crippen molar-refractivity contribution in [3.63, 3.8) is 0 Å². The van der Waals surface area contributed by atoms with Gasteiger partial charge in [0.05, 0.1) is 16.3 Å². The number of nitro benzene ring substituents is 1. The summed E-state index contributed by atoms with van der Waals surface area (Å²) < 4.78 is 1.72. The third-order valence-electron chi connectivity index (χ3n) is 6.23. The highest BCUT2D eigenvalue weighted by atomic mass is 16.6. The Hall–Kier alpha value is -4.79. The molecule has 3 aromatic carbocycles. The Morgan fingerprint density at radius 1 is 1.00 bits per heavy atom. The highest BCUT2D eigenvalue weighted by molar-refractivity contribution is 6.01. The standard InChI is InChI=1S/C29H29N5O4/c1-19(2)32(29(36)23-14-10-15-24(17-23)34(37)38)18-26(35)30-28-27(22-12-6-5-7-13-22)21(4)31-33(28)25-16-9-8-11-20(25)3/h5-17,19H,18H2,1-4H3,(H,30,35). The van der Waals surface area contributed by atoms with E-state index in [9.17, 15) is 19.7 Å². The molecule has 2 amide bonds. The van der Waals surface area contributed by atoms with Crippen molar-refractivity contribution >= 4 is 23.3 Å². The lowest BCUT2D eigenvalue weighted by Crippen LogP contribution is -2.42. The number of nitrogens with zero attached hydrogens (tertiary/aromatic N) is 4. The maximum absolute atomic E-state index is 13.4. The molecule has 0 radical (unpaired) electrons. The summed E-state index contributed by atoms with van der Waals surface area (Å²) in [5, 5.41) is 18.9. The van der Waals surface area contributed by atoms with Crippen LogP contribution in [0.3, 0.4) is 0 Å². The number of benzene rings is 3. The number of nitrogens with one attached hydrogen (secondary N) is 1. The first kappa shape index (κ1) is 26.3. The molecule has 1 N–H and O–H groups in total. The van der Waals surface area contributed by atoms with Crippen molar-refractivity contribution in [1.82, 2.24) is 14.7 Å². The molecule has 0 bridgehead atoms. The number of aromatic nitrogens is 2. The zero-order valence-corrected chi connectivity index (χ0v) is 21.7. The summed E-state index contributed by atoms with van der Waals surface area (Å²) in [7, 11) is 0. The zero-order valence-electron chi connectivity index (χ0n) is 21.7. The Labute approximate surface area is 220 Å². The van der Waals surface area contributed by atoms with Gasteiger partial charge >= 0.3 is 0 Å². The van der Waals surface area contributed by atoms with Gasteiger partial charge in [-0.2, -0.15) is 5.10 Å². The Kier molecular flexibility index (Phi) is 7.66. The molecule has 0 saturated heterocycles. The highest BCUT2D eigenvalue weighted by Gasteiger charge is 2.26. The average molecular weight is 512 g/mol. The van der Waals surface area contributed by atoms with Gasteiger partial charge in [0.1, 0.15) is 12.4 Å². The Balaban J connectivity index is 1.69. The topological polar surface area (TPSA) is 110 Å². The van der Waals surface area contributed by atoms with Crippen LogP contribution in [0.25, 0.3) is 16.8 Å². The Morgan fingerprint density at radius 2 is 1.68 bits per heavy atom.